The van der Waals surface area contributed by atoms with Crippen LogP contribution in [0.1, 0.15) is 21.5 Å². The molecule has 1 aromatic heterocycles. The molecule has 0 saturated heterocycles. The Bertz CT molecular complexity index is 1150. The Labute approximate surface area is 162 Å². The largest absolute Gasteiger partial charge is 0.292 e. The van der Waals surface area contributed by atoms with E-state index in [4.69, 9.17) is 0 Å². The molecule has 2 heterocycles. The number of hydrogen-bond acceptors (Lipinski definition) is 6. The first-order chi connectivity index (χ1) is 13.3. The van der Waals surface area contributed by atoms with Gasteiger partial charge in [-0.05, 0) is 42.3 Å². The van der Waals surface area contributed by atoms with Gasteiger partial charge < -0.3 is 0 Å². The van der Waals surface area contributed by atoms with E-state index in [1.54, 1.807) is 18.2 Å². The fourth-order valence-electron chi connectivity index (χ4n) is 3.24. The summed E-state index contributed by atoms with van der Waals surface area (Å²) in [5, 5.41) is 12.3. The number of aryl methyl sites for hydroxylation is 1. The Kier molecular flexibility index (Phi) is 4.46. The molecule has 1 aliphatic rings. The molecular weight excluding hydrogens is 378 g/mol. The van der Waals surface area contributed by atoms with Crippen LogP contribution in [0.3, 0.4) is 0 Å². The van der Waals surface area contributed by atoms with Gasteiger partial charge in [0.1, 0.15) is 6.54 Å². The molecule has 0 saturated carbocycles. The maximum absolute atomic E-state index is 12.6. The molecule has 0 atom stereocenters. The zero-order chi connectivity index (χ0) is 19.9. The highest BCUT2D eigenvalue weighted by Gasteiger charge is 2.26. The number of aromatic nitrogens is 4. The highest BCUT2D eigenvalue weighted by molar-refractivity contribution is 7.92. The van der Waals surface area contributed by atoms with Crippen LogP contribution >= 0.6 is 0 Å². The van der Waals surface area contributed by atoms with Crippen LogP contribution in [-0.4, -0.2) is 47.2 Å². The quantitative estimate of drug-likeness (QED) is 0.610. The number of Topliss-reactive ketones (excluding diaryl/α,β-unsaturated/α-hetero) is 1. The number of tetrazole rings is 1. The van der Waals surface area contributed by atoms with E-state index in [-0.39, 0.29) is 12.3 Å². The third-order valence-corrected chi connectivity index (χ3v) is 5.88. The van der Waals surface area contributed by atoms with Gasteiger partial charge in [0.25, 0.3) is 0 Å². The molecule has 8 nitrogen and oxygen atoms in total. The van der Waals surface area contributed by atoms with E-state index in [1.807, 2.05) is 31.2 Å². The molecule has 144 valence electrons. The maximum atomic E-state index is 12.6. The topological polar surface area (TPSA) is 98.0 Å². The number of rotatable bonds is 5. The number of benzene rings is 2. The lowest BCUT2D eigenvalue weighted by molar-refractivity contribution is 0.0961. The second-order valence-corrected chi connectivity index (χ2v) is 8.77. The first kappa shape index (κ1) is 18.3. The van der Waals surface area contributed by atoms with Crippen LogP contribution in [0.15, 0.2) is 42.5 Å². The minimum Gasteiger partial charge on any atom is -0.292 e. The van der Waals surface area contributed by atoms with Crippen molar-refractivity contribution in [1.82, 2.24) is 20.2 Å². The van der Waals surface area contributed by atoms with Crippen molar-refractivity contribution in [1.29, 1.82) is 0 Å². The minimum atomic E-state index is -3.31. The fourth-order valence-corrected chi connectivity index (χ4v) is 4.20. The van der Waals surface area contributed by atoms with Gasteiger partial charge in [-0.25, -0.2) is 8.42 Å². The summed E-state index contributed by atoms with van der Waals surface area (Å²) in [5.74, 6) is 0.305. The average molecular weight is 397 g/mol. The van der Waals surface area contributed by atoms with Gasteiger partial charge in [-0.1, -0.05) is 29.8 Å². The average Bonchev–Trinajstić information content (AvgIpc) is 3.28. The second kappa shape index (κ2) is 6.83. The molecule has 0 spiro atoms. The van der Waals surface area contributed by atoms with Crippen molar-refractivity contribution in [2.45, 2.75) is 19.9 Å². The molecule has 0 N–H and O–H groups in total. The number of sulfonamides is 1. The summed E-state index contributed by atoms with van der Waals surface area (Å²) in [4.78, 5) is 13.9. The molecule has 0 bridgehead atoms. The van der Waals surface area contributed by atoms with Crippen LogP contribution in [0.2, 0.25) is 0 Å². The van der Waals surface area contributed by atoms with E-state index in [9.17, 15) is 13.2 Å². The molecule has 0 radical (unpaired) electrons. The van der Waals surface area contributed by atoms with Gasteiger partial charge in [0, 0.05) is 17.7 Å². The first-order valence-electron chi connectivity index (χ1n) is 8.80. The summed E-state index contributed by atoms with van der Waals surface area (Å²) in [5.41, 5.74) is 3.96. The number of anilines is 1. The number of ketones is 1. The second-order valence-electron chi connectivity index (χ2n) is 6.86. The molecule has 0 fully saturated rings. The van der Waals surface area contributed by atoms with Gasteiger partial charge in [-0.15, -0.1) is 10.2 Å². The normalized spacial score (nSPS) is 13.6. The maximum Gasteiger partial charge on any atom is 0.232 e. The van der Waals surface area contributed by atoms with Gasteiger partial charge in [0.15, 0.2) is 5.78 Å². The first-order valence-corrected chi connectivity index (χ1v) is 10.6. The highest BCUT2D eigenvalue weighted by atomic mass is 32.2. The van der Waals surface area contributed by atoms with E-state index in [2.05, 4.69) is 15.4 Å². The Balaban J connectivity index is 1.51. The molecule has 0 aliphatic carbocycles. The predicted octanol–water partition coefficient (Wildman–Crippen LogP) is 1.85. The molecule has 2 aromatic carbocycles. The van der Waals surface area contributed by atoms with Crippen molar-refractivity contribution in [2.75, 3.05) is 17.1 Å². The monoisotopic (exact) mass is 397 g/mol. The lowest BCUT2D eigenvalue weighted by Crippen LogP contribution is -2.27. The van der Waals surface area contributed by atoms with Crippen molar-refractivity contribution < 1.29 is 13.2 Å². The van der Waals surface area contributed by atoms with Crippen molar-refractivity contribution in [3.63, 3.8) is 0 Å². The standard InChI is InChI=1S/C19H19N5O3S/c1-13-3-5-14(6-4-13)19-20-22-24(21-19)12-18(25)16-7-8-17-15(11-16)9-10-23(17)28(2,26)27/h3-8,11H,9-10,12H2,1-2H3. The molecule has 9 heteroatoms. The summed E-state index contributed by atoms with van der Waals surface area (Å²) in [6, 6.07) is 12.8. The smallest absolute Gasteiger partial charge is 0.232 e. The number of nitrogens with zero attached hydrogens (tertiary/aromatic N) is 5. The van der Waals surface area contributed by atoms with Crippen LogP contribution in [0.4, 0.5) is 5.69 Å². The van der Waals surface area contributed by atoms with Gasteiger partial charge >= 0.3 is 0 Å². The molecular formula is C19H19N5O3S. The van der Waals surface area contributed by atoms with Gasteiger partial charge in [0.05, 0.1) is 11.9 Å². The molecule has 4 rings (SSSR count). The van der Waals surface area contributed by atoms with Gasteiger partial charge in [0.2, 0.25) is 15.8 Å². The van der Waals surface area contributed by atoms with E-state index < -0.39 is 10.0 Å². The zero-order valence-electron chi connectivity index (χ0n) is 15.5. The predicted molar refractivity (Wildman–Crippen MR) is 105 cm³/mol. The fraction of sp³-hybridized carbons (Fsp3) is 0.263. The number of hydrogen-bond donors (Lipinski definition) is 0. The molecule has 3 aromatic rings. The summed E-state index contributed by atoms with van der Waals surface area (Å²) < 4.78 is 25.0. The molecule has 1 aliphatic heterocycles. The van der Waals surface area contributed by atoms with E-state index in [0.717, 1.165) is 16.7 Å². The summed E-state index contributed by atoms with van der Waals surface area (Å²) in [6.45, 7) is 2.36. The molecule has 28 heavy (non-hydrogen) atoms. The van der Waals surface area contributed by atoms with Gasteiger partial charge in [-0.3, -0.25) is 9.10 Å². The van der Waals surface area contributed by atoms with E-state index in [0.29, 0.717) is 30.0 Å². The van der Waals surface area contributed by atoms with E-state index >= 15 is 0 Å². The number of carbonyl (C=O) groups is 1. The number of fused-ring (bicyclic) bond motifs is 1. The van der Waals surface area contributed by atoms with Crippen molar-refractivity contribution >= 4 is 21.5 Å². The van der Waals surface area contributed by atoms with Crippen LogP contribution in [0.25, 0.3) is 11.4 Å². The van der Waals surface area contributed by atoms with Crippen molar-refractivity contribution in [3.8, 4) is 11.4 Å². The third-order valence-electron chi connectivity index (χ3n) is 4.70. The van der Waals surface area contributed by atoms with Gasteiger partial charge in [-0.2, -0.15) is 4.80 Å². The zero-order valence-corrected chi connectivity index (χ0v) is 16.3. The number of carbonyl (C=O) groups excluding carboxylic acids is 1. The third kappa shape index (κ3) is 3.53. The van der Waals surface area contributed by atoms with Crippen LogP contribution in [0.5, 0.6) is 0 Å². The van der Waals surface area contributed by atoms with Crippen molar-refractivity contribution in [2.24, 2.45) is 0 Å². The SMILES string of the molecule is Cc1ccc(-c2nnn(CC(=O)c3ccc4c(c3)CCN4S(C)(=O)=O)n2)cc1. The molecule has 0 unspecified atom stereocenters. The lowest BCUT2D eigenvalue weighted by Gasteiger charge is -2.16. The van der Waals surface area contributed by atoms with Crippen LogP contribution in [-0.2, 0) is 23.0 Å². The van der Waals surface area contributed by atoms with Crippen LogP contribution in [0, 0.1) is 6.92 Å². The Morgan fingerprint density at radius 3 is 2.61 bits per heavy atom. The Morgan fingerprint density at radius 2 is 1.89 bits per heavy atom. The Morgan fingerprint density at radius 1 is 1.14 bits per heavy atom. The van der Waals surface area contributed by atoms with E-state index in [1.165, 1.54) is 15.4 Å². The Hall–Kier alpha value is -3.07. The van der Waals surface area contributed by atoms with Crippen molar-refractivity contribution in [3.05, 3.63) is 59.2 Å². The molecule has 0 amide bonds. The van der Waals surface area contributed by atoms with Crippen LogP contribution < -0.4 is 4.31 Å². The summed E-state index contributed by atoms with van der Waals surface area (Å²) in [7, 11) is -3.31. The highest BCUT2D eigenvalue weighted by Crippen LogP contribution is 2.30. The minimum absolute atomic E-state index is 0.0343. The lowest BCUT2D eigenvalue weighted by atomic mass is 10.1. The summed E-state index contributed by atoms with van der Waals surface area (Å²) in [6.07, 6.45) is 1.77. The summed E-state index contributed by atoms with van der Waals surface area (Å²) >= 11 is 0.